The van der Waals surface area contributed by atoms with Gasteiger partial charge in [-0.15, -0.1) is 0 Å². The number of rotatable bonds is 5. The lowest BCUT2D eigenvalue weighted by molar-refractivity contribution is -0.00737. The van der Waals surface area contributed by atoms with Gasteiger partial charge in [0.25, 0.3) is 5.95 Å². The summed E-state index contributed by atoms with van der Waals surface area (Å²) >= 11 is 0. The molecule has 0 amide bonds. The Bertz CT molecular complexity index is 178. The molecule has 0 heterocycles. The van der Waals surface area contributed by atoms with Crippen LogP contribution in [0.3, 0.4) is 0 Å². The molecule has 0 aliphatic rings. The zero-order valence-electron chi connectivity index (χ0n) is 10.4. The average Bonchev–Trinajstić information content (AvgIpc) is 2.10. The molecular formula is C11H23BO2. The van der Waals surface area contributed by atoms with Crippen LogP contribution in [0.15, 0.2) is 12.0 Å². The summed E-state index contributed by atoms with van der Waals surface area (Å²) in [6.45, 7) is 12.5. The zero-order chi connectivity index (χ0) is 11.2. The Hall–Kier alpha value is -0.595. The summed E-state index contributed by atoms with van der Waals surface area (Å²) < 4.78 is 11.4. The second-order valence-corrected chi connectivity index (χ2v) is 4.38. The van der Waals surface area contributed by atoms with Crippen LogP contribution in [0.2, 0.25) is 12.6 Å². The van der Waals surface area contributed by atoms with E-state index in [-0.39, 0.29) is 12.5 Å². The van der Waals surface area contributed by atoms with E-state index in [9.17, 15) is 0 Å². The summed E-state index contributed by atoms with van der Waals surface area (Å²) in [5, 5.41) is 0. The molecule has 0 aromatic carbocycles. The second-order valence-electron chi connectivity index (χ2n) is 4.38. The predicted molar refractivity (Wildman–Crippen MR) is 62.4 cm³/mol. The molecule has 0 radical (unpaired) electrons. The largest absolute Gasteiger partial charge is 0.536 e. The van der Waals surface area contributed by atoms with E-state index < -0.39 is 0 Å². The van der Waals surface area contributed by atoms with E-state index in [0.717, 1.165) is 12.6 Å². The Kier molecular flexibility index (Phi) is 5.74. The van der Waals surface area contributed by atoms with Crippen LogP contribution in [0, 0.1) is 0 Å². The van der Waals surface area contributed by atoms with Gasteiger partial charge in [-0.2, -0.15) is 0 Å². The molecule has 14 heavy (non-hydrogen) atoms. The number of ether oxygens (including phenoxy) is 1. The minimum atomic E-state index is -0.187. The standard InChI is InChI=1S/C11H23BO2/c1-7-10(13-11(4,5)6)14-12(8-2)9-3/h7H,8-9H2,1-6H3/b10-7-. The maximum atomic E-state index is 5.71. The fourth-order valence-electron chi connectivity index (χ4n) is 1.07. The van der Waals surface area contributed by atoms with E-state index in [2.05, 4.69) is 13.8 Å². The van der Waals surface area contributed by atoms with Gasteiger partial charge < -0.3 is 9.39 Å². The van der Waals surface area contributed by atoms with Crippen molar-refractivity contribution in [3.8, 4) is 0 Å². The Balaban J connectivity index is 4.17. The van der Waals surface area contributed by atoms with Gasteiger partial charge in [0.15, 0.2) is 0 Å². The minimum absolute atomic E-state index is 0.187. The van der Waals surface area contributed by atoms with Crippen molar-refractivity contribution in [3.05, 3.63) is 12.0 Å². The van der Waals surface area contributed by atoms with Gasteiger partial charge in [0.2, 0.25) is 0 Å². The first-order valence-corrected chi connectivity index (χ1v) is 5.44. The Labute approximate surface area is 88.8 Å². The average molecular weight is 198 g/mol. The Morgan fingerprint density at radius 2 is 1.71 bits per heavy atom. The van der Waals surface area contributed by atoms with E-state index in [1.807, 2.05) is 33.8 Å². The first-order valence-electron chi connectivity index (χ1n) is 5.44. The van der Waals surface area contributed by atoms with Gasteiger partial charge in [0, 0.05) is 0 Å². The highest BCUT2D eigenvalue weighted by molar-refractivity contribution is 6.51. The molecule has 0 atom stereocenters. The molecule has 0 rings (SSSR count). The maximum absolute atomic E-state index is 5.71. The summed E-state index contributed by atoms with van der Waals surface area (Å²) in [6, 6.07) is 0. The highest BCUT2D eigenvalue weighted by Gasteiger charge is 2.18. The molecule has 0 saturated carbocycles. The topological polar surface area (TPSA) is 18.5 Å². The third-order valence-corrected chi connectivity index (χ3v) is 1.84. The molecule has 2 nitrogen and oxygen atoms in total. The summed E-state index contributed by atoms with van der Waals surface area (Å²) in [5.74, 6) is 0.645. The van der Waals surface area contributed by atoms with Crippen LogP contribution in [0.1, 0.15) is 41.5 Å². The maximum Gasteiger partial charge on any atom is 0.361 e. The summed E-state index contributed by atoms with van der Waals surface area (Å²) in [6.07, 6.45) is 3.91. The van der Waals surface area contributed by atoms with Crippen molar-refractivity contribution in [1.82, 2.24) is 0 Å². The predicted octanol–water partition coefficient (Wildman–Crippen LogP) is 3.71. The first kappa shape index (κ1) is 13.4. The first-order chi connectivity index (χ1) is 6.42. The third kappa shape index (κ3) is 5.95. The Morgan fingerprint density at radius 1 is 1.21 bits per heavy atom. The lowest BCUT2D eigenvalue weighted by Crippen LogP contribution is -2.23. The normalized spacial score (nSPS) is 12.6. The van der Waals surface area contributed by atoms with E-state index in [4.69, 9.17) is 9.39 Å². The van der Waals surface area contributed by atoms with Gasteiger partial charge in [0.05, 0.1) is 0 Å². The molecule has 0 fully saturated rings. The van der Waals surface area contributed by atoms with E-state index in [1.165, 1.54) is 0 Å². The molecule has 3 heteroatoms. The summed E-state index contributed by atoms with van der Waals surface area (Å²) in [7, 11) is 0. The van der Waals surface area contributed by atoms with Gasteiger partial charge in [-0.3, -0.25) is 0 Å². The van der Waals surface area contributed by atoms with Crippen molar-refractivity contribution < 1.29 is 9.39 Å². The molecule has 0 aliphatic heterocycles. The number of hydrogen-bond donors (Lipinski definition) is 0. The van der Waals surface area contributed by atoms with Crippen molar-refractivity contribution >= 4 is 6.92 Å². The quantitative estimate of drug-likeness (QED) is 0.495. The molecule has 0 aromatic heterocycles. The highest BCUT2D eigenvalue weighted by Crippen LogP contribution is 2.16. The molecule has 0 N–H and O–H groups in total. The van der Waals surface area contributed by atoms with E-state index in [1.54, 1.807) is 0 Å². The van der Waals surface area contributed by atoms with Crippen LogP contribution in [-0.2, 0) is 9.39 Å². The van der Waals surface area contributed by atoms with Gasteiger partial charge >= 0.3 is 6.92 Å². The van der Waals surface area contributed by atoms with E-state index in [0.29, 0.717) is 5.95 Å². The number of allylic oxidation sites excluding steroid dienone is 1. The van der Waals surface area contributed by atoms with Crippen LogP contribution in [-0.4, -0.2) is 12.5 Å². The molecule has 0 aromatic rings. The second kappa shape index (κ2) is 6.00. The van der Waals surface area contributed by atoms with Crippen LogP contribution in [0.25, 0.3) is 0 Å². The lowest BCUT2D eigenvalue weighted by atomic mass is 9.63. The van der Waals surface area contributed by atoms with Gasteiger partial charge in [-0.25, -0.2) is 0 Å². The smallest absolute Gasteiger partial charge is 0.361 e. The van der Waals surface area contributed by atoms with Crippen molar-refractivity contribution in [2.24, 2.45) is 0 Å². The molecule has 0 saturated heterocycles. The van der Waals surface area contributed by atoms with Gasteiger partial charge in [-0.1, -0.05) is 13.8 Å². The van der Waals surface area contributed by atoms with Crippen molar-refractivity contribution in [1.29, 1.82) is 0 Å². The van der Waals surface area contributed by atoms with Crippen molar-refractivity contribution in [2.75, 3.05) is 0 Å². The fourth-order valence-corrected chi connectivity index (χ4v) is 1.07. The SMILES string of the molecule is C/C=C(\OB(CC)CC)OC(C)(C)C. The van der Waals surface area contributed by atoms with Gasteiger partial charge in [-0.05, 0) is 46.4 Å². The highest BCUT2D eigenvalue weighted by atomic mass is 16.7. The fraction of sp³-hybridized carbons (Fsp3) is 0.818. The molecule has 82 valence electrons. The van der Waals surface area contributed by atoms with Crippen LogP contribution >= 0.6 is 0 Å². The molecule has 0 spiro atoms. The van der Waals surface area contributed by atoms with Crippen molar-refractivity contribution in [2.45, 2.75) is 59.8 Å². The van der Waals surface area contributed by atoms with Gasteiger partial charge in [0.1, 0.15) is 5.60 Å². The van der Waals surface area contributed by atoms with Crippen LogP contribution in [0.4, 0.5) is 0 Å². The van der Waals surface area contributed by atoms with Crippen LogP contribution < -0.4 is 0 Å². The molecule has 0 aliphatic carbocycles. The minimum Gasteiger partial charge on any atom is -0.536 e. The Morgan fingerprint density at radius 3 is 2.00 bits per heavy atom. The summed E-state index contributed by atoms with van der Waals surface area (Å²) in [5.41, 5.74) is -0.187. The molecule has 0 unspecified atom stereocenters. The van der Waals surface area contributed by atoms with Crippen molar-refractivity contribution in [3.63, 3.8) is 0 Å². The zero-order valence-corrected chi connectivity index (χ0v) is 10.4. The summed E-state index contributed by atoms with van der Waals surface area (Å²) in [4.78, 5) is 0. The molecule has 0 bridgehead atoms. The van der Waals surface area contributed by atoms with Crippen LogP contribution in [0.5, 0.6) is 0 Å². The third-order valence-electron chi connectivity index (χ3n) is 1.84. The lowest BCUT2D eigenvalue weighted by Gasteiger charge is -2.25. The number of hydrogen-bond acceptors (Lipinski definition) is 2. The molecular weight excluding hydrogens is 175 g/mol. The monoisotopic (exact) mass is 198 g/mol. The van der Waals surface area contributed by atoms with E-state index >= 15 is 0 Å².